The highest BCUT2D eigenvalue weighted by molar-refractivity contribution is 6.01. The number of aromatic nitrogens is 3. The molecule has 0 aliphatic rings. The van der Waals surface area contributed by atoms with Crippen molar-refractivity contribution < 1.29 is 14.0 Å². The molecule has 1 N–H and O–H groups in total. The number of carbonyl (C=O) groups excluding carboxylic acids is 2. The van der Waals surface area contributed by atoms with Crippen LogP contribution in [0.5, 0.6) is 0 Å². The third kappa shape index (κ3) is 4.88. The fourth-order valence-corrected chi connectivity index (χ4v) is 4.19. The number of carbonyl (C=O) groups is 2. The number of nitrogens with zero attached hydrogens (tertiary/aromatic N) is 4. The van der Waals surface area contributed by atoms with Crippen LogP contribution in [0.4, 0.5) is 5.69 Å². The predicted octanol–water partition coefficient (Wildman–Crippen LogP) is 4.42. The van der Waals surface area contributed by atoms with E-state index < -0.39 is 6.04 Å². The number of furan rings is 1. The molecule has 0 saturated carbocycles. The smallest absolute Gasteiger partial charge is 0.249 e. The summed E-state index contributed by atoms with van der Waals surface area (Å²) in [6, 6.07) is 26.9. The average Bonchev–Trinajstić information content (AvgIpc) is 3.56. The Hall–Kier alpha value is -4.72. The Kier molecular flexibility index (Phi) is 6.57. The van der Waals surface area contributed by atoms with E-state index >= 15 is 0 Å². The van der Waals surface area contributed by atoms with Crippen LogP contribution in [0, 0.1) is 6.92 Å². The first-order chi connectivity index (χ1) is 17.6. The molecule has 0 spiro atoms. The van der Waals surface area contributed by atoms with Crippen molar-refractivity contribution >= 4 is 28.5 Å². The summed E-state index contributed by atoms with van der Waals surface area (Å²) in [4.78, 5) is 29.2. The molecular weight excluding hydrogens is 454 g/mol. The molecule has 2 heterocycles. The van der Waals surface area contributed by atoms with Gasteiger partial charge in [0.05, 0.1) is 18.3 Å². The summed E-state index contributed by atoms with van der Waals surface area (Å²) in [6.07, 6.45) is 1.56. The lowest BCUT2D eigenvalue weighted by Crippen LogP contribution is -2.45. The lowest BCUT2D eigenvalue weighted by atomic mass is 10.0. The summed E-state index contributed by atoms with van der Waals surface area (Å²) >= 11 is 0. The third-order valence-electron chi connectivity index (χ3n) is 5.89. The standard InChI is InChI=1S/C28H25N5O3/c1-20-9-7-12-22(17-20)33(26(34)19-32-25-15-6-5-14-24(25)30-31-32)27(21-10-3-2-4-11-21)28(35)29-18-23-13-8-16-36-23/h2-17,27H,18-19H2,1H3,(H,29,35). The van der Waals surface area contributed by atoms with E-state index in [1.54, 1.807) is 23.1 Å². The minimum absolute atomic E-state index is 0.0801. The van der Waals surface area contributed by atoms with E-state index in [4.69, 9.17) is 4.42 Å². The van der Waals surface area contributed by atoms with Gasteiger partial charge in [-0.1, -0.05) is 59.8 Å². The Morgan fingerprint density at radius 2 is 1.78 bits per heavy atom. The van der Waals surface area contributed by atoms with Crippen molar-refractivity contribution in [1.29, 1.82) is 0 Å². The normalized spacial score (nSPS) is 11.8. The summed E-state index contributed by atoms with van der Waals surface area (Å²) in [5, 5.41) is 11.3. The fraction of sp³-hybridized carbons (Fsp3) is 0.143. The molecule has 0 bridgehead atoms. The molecule has 0 saturated heterocycles. The quantitative estimate of drug-likeness (QED) is 0.356. The second-order valence-electron chi connectivity index (χ2n) is 8.45. The molecule has 2 amide bonds. The SMILES string of the molecule is Cc1cccc(N(C(=O)Cn2nnc3ccccc32)C(C(=O)NCc2ccco2)c2ccccc2)c1. The van der Waals surface area contributed by atoms with E-state index in [9.17, 15) is 9.59 Å². The largest absolute Gasteiger partial charge is 0.467 e. The molecule has 1 atom stereocenters. The number of hydrogen-bond donors (Lipinski definition) is 1. The van der Waals surface area contributed by atoms with Crippen molar-refractivity contribution in [1.82, 2.24) is 20.3 Å². The fourth-order valence-electron chi connectivity index (χ4n) is 4.19. The Labute approximate surface area is 208 Å². The molecular formula is C28H25N5O3. The maximum Gasteiger partial charge on any atom is 0.249 e. The monoisotopic (exact) mass is 479 g/mol. The van der Waals surface area contributed by atoms with Gasteiger partial charge < -0.3 is 9.73 Å². The van der Waals surface area contributed by atoms with Gasteiger partial charge in [-0.2, -0.15) is 0 Å². The van der Waals surface area contributed by atoms with Crippen molar-refractivity contribution in [3.63, 3.8) is 0 Å². The second-order valence-corrected chi connectivity index (χ2v) is 8.45. The molecule has 5 rings (SSSR count). The molecule has 5 aromatic rings. The topological polar surface area (TPSA) is 93.3 Å². The van der Waals surface area contributed by atoms with Crippen LogP contribution < -0.4 is 10.2 Å². The molecule has 0 aliphatic carbocycles. The number of aryl methyl sites for hydroxylation is 1. The Bertz CT molecular complexity index is 1480. The highest BCUT2D eigenvalue weighted by Crippen LogP contribution is 2.29. The molecule has 3 aromatic carbocycles. The predicted molar refractivity (Wildman–Crippen MR) is 136 cm³/mol. The first-order valence-corrected chi connectivity index (χ1v) is 11.6. The van der Waals surface area contributed by atoms with Gasteiger partial charge in [0, 0.05) is 5.69 Å². The van der Waals surface area contributed by atoms with Crippen LogP contribution in [-0.4, -0.2) is 26.8 Å². The minimum atomic E-state index is -0.912. The third-order valence-corrected chi connectivity index (χ3v) is 5.89. The van der Waals surface area contributed by atoms with Crippen LogP contribution in [-0.2, 0) is 22.7 Å². The molecule has 0 radical (unpaired) electrons. The van der Waals surface area contributed by atoms with Crippen LogP contribution in [0.3, 0.4) is 0 Å². The molecule has 0 fully saturated rings. The van der Waals surface area contributed by atoms with Crippen LogP contribution >= 0.6 is 0 Å². The van der Waals surface area contributed by atoms with Gasteiger partial charge in [0.1, 0.15) is 23.9 Å². The van der Waals surface area contributed by atoms with Gasteiger partial charge in [0.15, 0.2) is 0 Å². The number of rotatable bonds is 8. The van der Waals surface area contributed by atoms with E-state index in [0.29, 0.717) is 22.5 Å². The van der Waals surface area contributed by atoms with Gasteiger partial charge in [-0.05, 0) is 54.4 Å². The molecule has 1 unspecified atom stereocenters. The summed E-state index contributed by atoms with van der Waals surface area (Å²) < 4.78 is 6.93. The second kappa shape index (κ2) is 10.3. The van der Waals surface area contributed by atoms with E-state index in [1.807, 2.05) is 85.8 Å². The number of fused-ring (bicyclic) bond motifs is 1. The van der Waals surface area contributed by atoms with Gasteiger partial charge in [0.25, 0.3) is 0 Å². The molecule has 8 heteroatoms. The van der Waals surface area contributed by atoms with Crippen LogP contribution in [0.2, 0.25) is 0 Å². The van der Waals surface area contributed by atoms with Gasteiger partial charge >= 0.3 is 0 Å². The summed E-state index contributed by atoms with van der Waals surface area (Å²) in [5.41, 5.74) is 3.72. The minimum Gasteiger partial charge on any atom is -0.467 e. The highest BCUT2D eigenvalue weighted by atomic mass is 16.3. The van der Waals surface area contributed by atoms with Gasteiger partial charge in [-0.25, -0.2) is 4.68 Å². The number of nitrogens with one attached hydrogen (secondary N) is 1. The molecule has 8 nitrogen and oxygen atoms in total. The van der Waals surface area contributed by atoms with Crippen molar-refractivity contribution in [3.05, 3.63) is 114 Å². The van der Waals surface area contributed by atoms with Gasteiger partial charge in [0.2, 0.25) is 11.8 Å². The lowest BCUT2D eigenvalue weighted by molar-refractivity contribution is -0.127. The Balaban J connectivity index is 1.54. The van der Waals surface area contributed by atoms with E-state index in [0.717, 1.165) is 11.1 Å². The first-order valence-electron chi connectivity index (χ1n) is 11.6. The Morgan fingerprint density at radius 1 is 0.972 bits per heavy atom. The number of benzene rings is 3. The maximum absolute atomic E-state index is 14.0. The van der Waals surface area contributed by atoms with Crippen LogP contribution in [0.1, 0.15) is 22.9 Å². The van der Waals surface area contributed by atoms with Crippen molar-refractivity contribution in [2.24, 2.45) is 0 Å². The zero-order valence-electron chi connectivity index (χ0n) is 19.7. The van der Waals surface area contributed by atoms with Crippen LogP contribution in [0.15, 0.2) is 102 Å². The van der Waals surface area contributed by atoms with Crippen LogP contribution in [0.25, 0.3) is 11.0 Å². The number of hydrogen-bond acceptors (Lipinski definition) is 5. The van der Waals surface area contributed by atoms with Crippen molar-refractivity contribution in [3.8, 4) is 0 Å². The molecule has 36 heavy (non-hydrogen) atoms. The van der Waals surface area contributed by atoms with Gasteiger partial charge in [-0.15, -0.1) is 5.10 Å². The summed E-state index contributed by atoms with van der Waals surface area (Å²) in [6.45, 7) is 2.08. The summed E-state index contributed by atoms with van der Waals surface area (Å²) in [7, 11) is 0. The van der Waals surface area contributed by atoms with Gasteiger partial charge in [-0.3, -0.25) is 14.5 Å². The molecule has 180 valence electrons. The molecule has 0 aliphatic heterocycles. The number of para-hydroxylation sites is 1. The van der Waals surface area contributed by atoms with E-state index in [2.05, 4.69) is 15.6 Å². The average molecular weight is 480 g/mol. The maximum atomic E-state index is 14.0. The first kappa shape index (κ1) is 23.0. The lowest BCUT2D eigenvalue weighted by Gasteiger charge is -2.31. The number of anilines is 1. The number of amides is 2. The zero-order valence-corrected chi connectivity index (χ0v) is 19.7. The zero-order chi connectivity index (χ0) is 24.9. The van der Waals surface area contributed by atoms with Crippen molar-refractivity contribution in [2.75, 3.05) is 4.90 Å². The van der Waals surface area contributed by atoms with Crippen molar-refractivity contribution in [2.45, 2.75) is 26.1 Å². The van der Waals surface area contributed by atoms with E-state index in [-0.39, 0.29) is 24.9 Å². The highest BCUT2D eigenvalue weighted by Gasteiger charge is 2.33. The van der Waals surface area contributed by atoms with E-state index in [1.165, 1.54) is 4.90 Å². The summed E-state index contributed by atoms with van der Waals surface area (Å²) in [5.74, 6) is 0.00633. The molecule has 2 aromatic heterocycles. The Morgan fingerprint density at radius 3 is 2.56 bits per heavy atom.